The number of aromatic nitrogens is 4. The Hall–Kier alpha value is -3.06. The van der Waals surface area contributed by atoms with Crippen LogP contribution in [0.3, 0.4) is 0 Å². The number of rotatable bonds is 7. The van der Waals surface area contributed by atoms with Gasteiger partial charge < -0.3 is 14.6 Å². The van der Waals surface area contributed by atoms with E-state index in [4.69, 9.17) is 9.47 Å². The number of hydrogen-bond acceptors (Lipinski definition) is 7. The van der Waals surface area contributed by atoms with E-state index in [1.54, 1.807) is 25.7 Å². The second-order valence-electron chi connectivity index (χ2n) is 8.84. The van der Waals surface area contributed by atoms with Gasteiger partial charge in [0.15, 0.2) is 0 Å². The molecule has 0 radical (unpaired) electrons. The van der Waals surface area contributed by atoms with E-state index in [1.165, 1.54) is 0 Å². The predicted molar refractivity (Wildman–Crippen MR) is 119 cm³/mol. The Kier molecular flexibility index (Phi) is 5.51. The van der Waals surface area contributed by atoms with Gasteiger partial charge in [0, 0.05) is 35.5 Å². The van der Waals surface area contributed by atoms with Crippen LogP contribution >= 0.6 is 0 Å². The summed E-state index contributed by atoms with van der Waals surface area (Å²) in [6.07, 6.45) is 10.0. The number of nitrogens with zero attached hydrogens (tertiary/aromatic N) is 4. The molecule has 2 fully saturated rings. The molecule has 0 saturated heterocycles. The normalized spacial score (nSPS) is 21.3. The van der Waals surface area contributed by atoms with E-state index in [0.29, 0.717) is 30.1 Å². The molecule has 1 N–H and O–H groups in total. The van der Waals surface area contributed by atoms with Crippen molar-refractivity contribution in [3.05, 3.63) is 60.1 Å². The highest BCUT2D eigenvalue weighted by molar-refractivity contribution is 5.67. The first-order valence-corrected chi connectivity index (χ1v) is 11.2. The summed E-state index contributed by atoms with van der Waals surface area (Å²) in [6, 6.07) is 7.86. The Morgan fingerprint density at radius 2 is 1.88 bits per heavy atom. The SMILES string of the molecule is COc1ccc([C@H]2C[C@@H]2COc2nc(C)ncc2-c2ccc(C3(O)CCCC3)nc2)nc1. The minimum Gasteiger partial charge on any atom is -0.495 e. The van der Waals surface area contributed by atoms with Crippen molar-refractivity contribution in [1.29, 1.82) is 0 Å². The molecular weight excluding hydrogens is 404 g/mol. The largest absolute Gasteiger partial charge is 0.495 e. The Bertz CT molecular complexity index is 1080. The van der Waals surface area contributed by atoms with Crippen molar-refractivity contribution < 1.29 is 14.6 Å². The number of aliphatic hydroxyl groups is 1. The molecule has 2 atom stereocenters. The highest BCUT2D eigenvalue weighted by atomic mass is 16.5. The van der Waals surface area contributed by atoms with Crippen LogP contribution in [0.1, 0.15) is 55.2 Å². The molecule has 3 heterocycles. The van der Waals surface area contributed by atoms with E-state index in [-0.39, 0.29) is 0 Å². The fourth-order valence-corrected chi connectivity index (χ4v) is 4.51. The summed E-state index contributed by atoms with van der Waals surface area (Å²) in [4.78, 5) is 18.0. The van der Waals surface area contributed by atoms with E-state index in [1.807, 2.05) is 31.2 Å². The van der Waals surface area contributed by atoms with Crippen LogP contribution in [0.25, 0.3) is 11.1 Å². The third kappa shape index (κ3) is 4.17. The van der Waals surface area contributed by atoms with Crippen molar-refractivity contribution in [2.75, 3.05) is 13.7 Å². The Labute approximate surface area is 187 Å². The summed E-state index contributed by atoms with van der Waals surface area (Å²) in [6.45, 7) is 2.43. The number of pyridine rings is 2. The second kappa shape index (κ2) is 8.47. The highest BCUT2D eigenvalue weighted by Gasteiger charge is 2.40. The lowest BCUT2D eigenvalue weighted by Crippen LogP contribution is -2.22. The van der Waals surface area contributed by atoms with Gasteiger partial charge in [0.25, 0.3) is 0 Å². The van der Waals surface area contributed by atoms with Crippen LogP contribution < -0.4 is 9.47 Å². The van der Waals surface area contributed by atoms with Crippen molar-refractivity contribution in [3.63, 3.8) is 0 Å². The molecular formula is C25H28N4O3. The smallest absolute Gasteiger partial charge is 0.224 e. The Morgan fingerprint density at radius 1 is 1.03 bits per heavy atom. The van der Waals surface area contributed by atoms with Crippen molar-refractivity contribution in [2.45, 2.75) is 50.5 Å². The van der Waals surface area contributed by atoms with Crippen molar-refractivity contribution in [1.82, 2.24) is 19.9 Å². The minimum absolute atomic E-state index is 0.403. The lowest BCUT2D eigenvalue weighted by Gasteiger charge is -2.21. The zero-order chi connectivity index (χ0) is 22.1. The molecule has 2 saturated carbocycles. The van der Waals surface area contributed by atoms with Crippen LogP contribution in [0.4, 0.5) is 0 Å². The van der Waals surface area contributed by atoms with Gasteiger partial charge in [-0.05, 0) is 44.4 Å². The Morgan fingerprint density at radius 3 is 2.56 bits per heavy atom. The van der Waals surface area contributed by atoms with Gasteiger partial charge in [-0.2, -0.15) is 4.98 Å². The lowest BCUT2D eigenvalue weighted by atomic mass is 9.96. The summed E-state index contributed by atoms with van der Waals surface area (Å²) in [5.74, 6) is 2.82. The monoisotopic (exact) mass is 432 g/mol. The molecule has 3 aromatic rings. The first-order chi connectivity index (χ1) is 15.6. The molecule has 3 aromatic heterocycles. The van der Waals surface area contributed by atoms with Gasteiger partial charge in [-0.3, -0.25) is 9.97 Å². The standard InChI is InChI=1S/C25H28N4O3/c1-16-26-14-21(17-5-8-23(28-12-17)25(30)9-3-4-10-25)24(29-16)32-15-18-11-20(18)22-7-6-19(31-2)13-27-22/h5-8,12-14,18,20,30H,3-4,9-11,15H2,1-2H3/t18-,20+/m1/s1. The van der Waals surface area contributed by atoms with E-state index in [9.17, 15) is 5.11 Å². The van der Waals surface area contributed by atoms with E-state index < -0.39 is 5.60 Å². The molecule has 5 rings (SSSR count). The van der Waals surface area contributed by atoms with Crippen LogP contribution in [0.5, 0.6) is 11.6 Å². The van der Waals surface area contributed by atoms with Gasteiger partial charge in [-0.1, -0.05) is 18.9 Å². The molecule has 2 aliphatic rings. The summed E-state index contributed by atoms with van der Waals surface area (Å²) in [5.41, 5.74) is 2.71. The zero-order valence-corrected chi connectivity index (χ0v) is 18.5. The van der Waals surface area contributed by atoms with Crippen LogP contribution in [-0.4, -0.2) is 38.8 Å². The van der Waals surface area contributed by atoms with E-state index in [2.05, 4.69) is 19.9 Å². The molecule has 0 unspecified atom stereocenters. The minimum atomic E-state index is -0.794. The van der Waals surface area contributed by atoms with Crippen molar-refractivity contribution in [2.24, 2.45) is 5.92 Å². The molecule has 7 heteroatoms. The molecule has 2 aliphatic carbocycles. The summed E-state index contributed by atoms with van der Waals surface area (Å²) < 4.78 is 11.4. The van der Waals surface area contributed by atoms with Gasteiger partial charge in [0.2, 0.25) is 5.88 Å². The maximum absolute atomic E-state index is 10.8. The lowest BCUT2D eigenvalue weighted by molar-refractivity contribution is 0.0400. The molecule has 166 valence electrons. The van der Waals surface area contributed by atoms with Crippen LogP contribution in [0.15, 0.2) is 42.9 Å². The van der Waals surface area contributed by atoms with Crippen LogP contribution in [-0.2, 0) is 5.60 Å². The van der Waals surface area contributed by atoms with Crippen LogP contribution in [0.2, 0.25) is 0 Å². The van der Waals surface area contributed by atoms with Crippen molar-refractivity contribution >= 4 is 0 Å². The topological polar surface area (TPSA) is 90.2 Å². The first kappa shape index (κ1) is 20.8. The van der Waals surface area contributed by atoms with E-state index in [0.717, 1.165) is 60.4 Å². The van der Waals surface area contributed by atoms with Crippen molar-refractivity contribution in [3.8, 4) is 22.8 Å². The quantitative estimate of drug-likeness (QED) is 0.598. The zero-order valence-electron chi connectivity index (χ0n) is 18.5. The van der Waals surface area contributed by atoms with Gasteiger partial charge in [0.05, 0.1) is 31.2 Å². The van der Waals surface area contributed by atoms with Gasteiger partial charge >= 0.3 is 0 Å². The average molecular weight is 433 g/mol. The number of hydrogen-bond donors (Lipinski definition) is 1. The van der Waals surface area contributed by atoms with E-state index >= 15 is 0 Å². The number of methoxy groups -OCH3 is 1. The Balaban J connectivity index is 1.29. The molecule has 0 amide bonds. The van der Waals surface area contributed by atoms with Crippen LogP contribution in [0, 0.1) is 12.8 Å². The van der Waals surface area contributed by atoms with Gasteiger partial charge in [-0.15, -0.1) is 0 Å². The molecule has 0 aromatic carbocycles. The third-order valence-corrected chi connectivity index (χ3v) is 6.59. The first-order valence-electron chi connectivity index (χ1n) is 11.2. The molecule has 0 bridgehead atoms. The maximum atomic E-state index is 10.8. The summed E-state index contributed by atoms with van der Waals surface area (Å²) in [5, 5.41) is 10.8. The molecule has 7 nitrogen and oxygen atoms in total. The van der Waals surface area contributed by atoms with Gasteiger partial charge in [-0.25, -0.2) is 4.98 Å². The third-order valence-electron chi connectivity index (χ3n) is 6.59. The van der Waals surface area contributed by atoms with Gasteiger partial charge in [0.1, 0.15) is 17.2 Å². The number of ether oxygens (including phenoxy) is 2. The fourth-order valence-electron chi connectivity index (χ4n) is 4.51. The summed E-state index contributed by atoms with van der Waals surface area (Å²) >= 11 is 0. The second-order valence-corrected chi connectivity index (χ2v) is 8.84. The highest BCUT2D eigenvalue weighted by Crippen LogP contribution is 2.47. The number of aryl methyl sites for hydroxylation is 1. The summed E-state index contributed by atoms with van der Waals surface area (Å²) in [7, 11) is 1.64. The maximum Gasteiger partial charge on any atom is 0.224 e. The fraction of sp³-hybridized carbons (Fsp3) is 0.440. The molecule has 0 aliphatic heterocycles. The molecule has 0 spiro atoms. The molecule has 32 heavy (non-hydrogen) atoms. The average Bonchev–Trinajstić information content (AvgIpc) is 3.47. The predicted octanol–water partition coefficient (Wildman–Crippen LogP) is 4.19.